The van der Waals surface area contributed by atoms with Gasteiger partial charge in [0.25, 0.3) is 0 Å². The average Bonchev–Trinajstić information content (AvgIpc) is 3.62. The van der Waals surface area contributed by atoms with Crippen molar-refractivity contribution < 1.29 is 0 Å². The van der Waals surface area contributed by atoms with Crippen molar-refractivity contribution in [2.75, 3.05) is 4.90 Å². The Balaban J connectivity index is 1.29. The van der Waals surface area contributed by atoms with Crippen LogP contribution in [0.15, 0.2) is 231 Å². The molecule has 0 aliphatic carbocycles. The highest BCUT2D eigenvalue weighted by Gasteiger charge is 2.23. The Morgan fingerprint density at radius 1 is 0.304 bits per heavy atom. The molecule has 0 N–H and O–H groups in total. The van der Waals surface area contributed by atoms with Crippen molar-refractivity contribution in [3.05, 3.63) is 231 Å². The highest BCUT2D eigenvalue weighted by Crippen LogP contribution is 2.48. The zero-order valence-electron chi connectivity index (χ0n) is 30.8. The molecular weight excluding hydrogens is 677 g/mol. The van der Waals surface area contributed by atoms with E-state index in [9.17, 15) is 0 Å². The topological polar surface area (TPSA) is 8.17 Å². The third kappa shape index (κ3) is 5.95. The maximum Gasteiger partial charge on any atom is 0.0547 e. The predicted octanol–water partition coefficient (Wildman–Crippen LogP) is 14.9. The summed E-state index contributed by atoms with van der Waals surface area (Å²) in [6, 6.07) is 83.1. The molecule has 0 saturated heterocycles. The molecule has 0 atom stereocenters. The summed E-state index contributed by atoms with van der Waals surface area (Å²) in [5.41, 5.74) is 16.2. The number of aromatic nitrogens is 1. The molecule has 264 valence electrons. The average molecular weight is 715 g/mol. The van der Waals surface area contributed by atoms with Gasteiger partial charge in [0.15, 0.2) is 0 Å². The smallest absolute Gasteiger partial charge is 0.0547 e. The second kappa shape index (κ2) is 14.4. The van der Waals surface area contributed by atoms with Gasteiger partial charge in [-0.3, -0.25) is 0 Å². The molecule has 0 spiro atoms. The summed E-state index contributed by atoms with van der Waals surface area (Å²) in [7, 11) is 0. The Morgan fingerprint density at radius 2 is 0.821 bits per heavy atom. The first kappa shape index (κ1) is 33.2. The lowest BCUT2D eigenvalue weighted by atomic mass is 9.95. The predicted molar refractivity (Wildman–Crippen MR) is 237 cm³/mol. The third-order valence-corrected chi connectivity index (χ3v) is 10.8. The van der Waals surface area contributed by atoms with Crippen molar-refractivity contribution in [2.45, 2.75) is 0 Å². The molecule has 0 aliphatic heterocycles. The molecule has 0 bridgehead atoms. The van der Waals surface area contributed by atoms with Crippen LogP contribution in [0, 0.1) is 0 Å². The van der Waals surface area contributed by atoms with E-state index < -0.39 is 0 Å². The first-order chi connectivity index (χ1) is 27.8. The van der Waals surface area contributed by atoms with Crippen molar-refractivity contribution in [1.82, 2.24) is 4.57 Å². The molecule has 0 saturated carbocycles. The number of rotatable bonds is 8. The van der Waals surface area contributed by atoms with Gasteiger partial charge in [-0.15, -0.1) is 0 Å². The monoisotopic (exact) mass is 714 g/mol. The molecule has 10 aromatic rings. The Hall–Kier alpha value is -7.42. The number of hydrogen-bond donors (Lipinski definition) is 0. The highest BCUT2D eigenvalue weighted by molar-refractivity contribution is 6.17. The molecule has 2 heteroatoms. The van der Waals surface area contributed by atoms with E-state index in [2.05, 4.69) is 240 Å². The minimum Gasteiger partial charge on any atom is -0.309 e. The van der Waals surface area contributed by atoms with Crippen LogP contribution in [-0.2, 0) is 0 Å². The minimum atomic E-state index is 1.08. The van der Waals surface area contributed by atoms with Gasteiger partial charge in [-0.25, -0.2) is 0 Å². The van der Waals surface area contributed by atoms with Crippen molar-refractivity contribution in [3.63, 3.8) is 0 Å². The van der Waals surface area contributed by atoms with Crippen LogP contribution < -0.4 is 4.90 Å². The zero-order chi connectivity index (χ0) is 37.3. The van der Waals surface area contributed by atoms with Crippen LogP contribution in [-0.4, -0.2) is 4.57 Å². The molecule has 0 fully saturated rings. The maximum absolute atomic E-state index is 2.47. The molecule has 0 amide bonds. The van der Waals surface area contributed by atoms with E-state index in [1.165, 1.54) is 44.1 Å². The van der Waals surface area contributed by atoms with E-state index in [1.807, 2.05) is 0 Å². The number of fused-ring (bicyclic) bond motifs is 3. The summed E-state index contributed by atoms with van der Waals surface area (Å²) < 4.78 is 2.41. The summed E-state index contributed by atoms with van der Waals surface area (Å²) in [5, 5.41) is 2.43. The van der Waals surface area contributed by atoms with Gasteiger partial charge in [-0.1, -0.05) is 176 Å². The number of hydrogen-bond acceptors (Lipinski definition) is 1. The fourth-order valence-corrected chi connectivity index (χ4v) is 8.24. The standard InChI is InChI=1S/C54H38N2/c1-6-19-39(20-7-1)43-33-35-51(48(37-43)42-25-12-4-13-26-42)56(50-31-17-16-29-46(50)40-21-8-2-9-22-40)45-34-36-52-49(38-45)54-47(41-23-10-3-11-24-41)30-18-32-53(54)55(52)44-27-14-5-15-28-44/h1-38H. The van der Waals surface area contributed by atoms with Crippen molar-refractivity contribution in [3.8, 4) is 50.2 Å². The highest BCUT2D eigenvalue weighted by atomic mass is 15.1. The van der Waals surface area contributed by atoms with E-state index in [4.69, 9.17) is 0 Å². The maximum atomic E-state index is 2.47. The Kier molecular flexibility index (Phi) is 8.55. The second-order valence-corrected chi connectivity index (χ2v) is 14.1. The first-order valence-corrected chi connectivity index (χ1v) is 19.2. The van der Waals surface area contributed by atoms with E-state index in [-0.39, 0.29) is 0 Å². The lowest BCUT2D eigenvalue weighted by Crippen LogP contribution is -2.12. The summed E-state index contributed by atoms with van der Waals surface area (Å²) in [6.45, 7) is 0. The Morgan fingerprint density at radius 3 is 1.48 bits per heavy atom. The van der Waals surface area contributed by atoms with E-state index in [1.54, 1.807) is 0 Å². The van der Waals surface area contributed by atoms with Crippen LogP contribution >= 0.6 is 0 Å². The molecule has 9 aromatic carbocycles. The molecule has 1 heterocycles. The second-order valence-electron chi connectivity index (χ2n) is 14.1. The van der Waals surface area contributed by atoms with Gasteiger partial charge in [-0.2, -0.15) is 0 Å². The van der Waals surface area contributed by atoms with Crippen LogP contribution in [0.5, 0.6) is 0 Å². The molecule has 0 unspecified atom stereocenters. The van der Waals surface area contributed by atoms with Gasteiger partial charge in [0.2, 0.25) is 0 Å². The van der Waals surface area contributed by atoms with E-state index in [0.717, 1.165) is 45.0 Å². The molecule has 0 radical (unpaired) electrons. The molecule has 10 rings (SSSR count). The normalized spacial score (nSPS) is 11.2. The largest absolute Gasteiger partial charge is 0.309 e. The van der Waals surface area contributed by atoms with Crippen LogP contribution in [0.2, 0.25) is 0 Å². The fraction of sp³-hybridized carbons (Fsp3) is 0. The van der Waals surface area contributed by atoms with Gasteiger partial charge in [-0.05, 0) is 88.0 Å². The summed E-state index contributed by atoms with van der Waals surface area (Å²) in [6.07, 6.45) is 0. The van der Waals surface area contributed by atoms with Crippen molar-refractivity contribution in [2.24, 2.45) is 0 Å². The summed E-state index contributed by atoms with van der Waals surface area (Å²) in [4.78, 5) is 2.47. The lowest BCUT2D eigenvalue weighted by Gasteiger charge is -2.30. The fourth-order valence-electron chi connectivity index (χ4n) is 8.24. The molecule has 2 nitrogen and oxygen atoms in total. The number of nitrogens with zero attached hydrogens (tertiary/aromatic N) is 2. The molecular formula is C54H38N2. The zero-order valence-corrected chi connectivity index (χ0v) is 30.8. The number of para-hydroxylation sites is 2. The van der Waals surface area contributed by atoms with Gasteiger partial charge in [0.1, 0.15) is 0 Å². The number of benzene rings is 9. The minimum absolute atomic E-state index is 1.08. The van der Waals surface area contributed by atoms with Crippen molar-refractivity contribution >= 4 is 38.9 Å². The van der Waals surface area contributed by atoms with Gasteiger partial charge in [0.05, 0.1) is 22.4 Å². The van der Waals surface area contributed by atoms with Crippen LogP contribution in [0.3, 0.4) is 0 Å². The van der Waals surface area contributed by atoms with Crippen LogP contribution in [0.25, 0.3) is 72.0 Å². The van der Waals surface area contributed by atoms with E-state index >= 15 is 0 Å². The van der Waals surface area contributed by atoms with E-state index in [0.29, 0.717) is 0 Å². The van der Waals surface area contributed by atoms with Crippen LogP contribution in [0.1, 0.15) is 0 Å². The summed E-state index contributed by atoms with van der Waals surface area (Å²) in [5.74, 6) is 0. The van der Waals surface area contributed by atoms with Gasteiger partial charge in [0, 0.05) is 33.3 Å². The molecule has 0 aliphatic rings. The van der Waals surface area contributed by atoms with Gasteiger partial charge < -0.3 is 9.47 Å². The molecule has 56 heavy (non-hydrogen) atoms. The van der Waals surface area contributed by atoms with Crippen molar-refractivity contribution in [1.29, 1.82) is 0 Å². The summed E-state index contributed by atoms with van der Waals surface area (Å²) >= 11 is 0. The third-order valence-electron chi connectivity index (χ3n) is 10.8. The molecule has 1 aromatic heterocycles. The van der Waals surface area contributed by atoms with Crippen LogP contribution in [0.4, 0.5) is 17.1 Å². The first-order valence-electron chi connectivity index (χ1n) is 19.2. The quantitative estimate of drug-likeness (QED) is 0.152. The Labute approximate surface area is 327 Å². The number of anilines is 3. The SMILES string of the molecule is c1ccc(-c2ccc(N(c3ccc4c(c3)c3c(-c5ccccc5)cccc3n4-c3ccccc3)c3ccccc3-c3ccccc3)c(-c3ccccc3)c2)cc1. The van der Waals surface area contributed by atoms with Gasteiger partial charge >= 0.3 is 0 Å². The lowest BCUT2D eigenvalue weighted by molar-refractivity contribution is 1.18. The Bertz CT molecular complexity index is 2930.